The molecule has 2 bridgehead atoms. The molecule has 0 aromatic heterocycles. The summed E-state index contributed by atoms with van der Waals surface area (Å²) in [5, 5.41) is 3.64. The zero-order valence-electron chi connectivity index (χ0n) is 13.9. The fourth-order valence-electron chi connectivity index (χ4n) is 3.94. The first-order valence-corrected chi connectivity index (χ1v) is 8.67. The molecule has 3 saturated heterocycles. The minimum atomic E-state index is 0.494. The molecule has 2 heteroatoms. The summed E-state index contributed by atoms with van der Waals surface area (Å²) in [6.45, 7) is 8.87. The lowest BCUT2D eigenvalue weighted by atomic mass is 9.76. The van der Waals surface area contributed by atoms with Gasteiger partial charge in [0.15, 0.2) is 0 Å². The van der Waals surface area contributed by atoms with Crippen LogP contribution >= 0.6 is 0 Å². The number of fused-ring (bicyclic) bond motifs is 3. The molecule has 118 valence electrons. The minimum Gasteiger partial charge on any atom is -0.311 e. The van der Waals surface area contributed by atoms with Crippen molar-refractivity contribution in [1.29, 1.82) is 0 Å². The summed E-state index contributed by atoms with van der Waals surface area (Å²) < 4.78 is 0. The normalized spacial score (nSPS) is 30.5. The van der Waals surface area contributed by atoms with Crippen LogP contribution in [0.5, 0.6) is 0 Å². The summed E-state index contributed by atoms with van der Waals surface area (Å²) in [5.74, 6) is 4.85. The summed E-state index contributed by atoms with van der Waals surface area (Å²) in [4.78, 5) is 2.60. The zero-order chi connectivity index (χ0) is 15.5. The Bertz CT molecular complexity index is 526. The molecule has 3 aliphatic rings. The quantitative estimate of drug-likeness (QED) is 0.839. The Labute approximate surface area is 135 Å². The first-order valence-electron chi connectivity index (χ1n) is 8.67. The predicted octanol–water partition coefficient (Wildman–Crippen LogP) is 3.24. The lowest BCUT2D eigenvalue weighted by Crippen LogP contribution is -2.55. The third kappa shape index (κ3) is 3.37. The van der Waals surface area contributed by atoms with E-state index in [-0.39, 0.29) is 0 Å². The van der Waals surface area contributed by atoms with Crippen molar-refractivity contribution in [1.82, 2.24) is 10.2 Å². The average molecular weight is 296 g/mol. The van der Waals surface area contributed by atoms with Gasteiger partial charge >= 0.3 is 0 Å². The molecule has 3 aliphatic heterocycles. The minimum absolute atomic E-state index is 0.494. The maximum atomic E-state index is 5.65. The van der Waals surface area contributed by atoms with E-state index in [1.54, 1.807) is 0 Å². The van der Waals surface area contributed by atoms with Crippen molar-refractivity contribution in [3.8, 4) is 12.3 Å². The summed E-state index contributed by atoms with van der Waals surface area (Å²) in [6.07, 6.45) is 8.22. The van der Waals surface area contributed by atoms with Gasteiger partial charge in [-0.3, -0.25) is 4.90 Å². The van der Waals surface area contributed by atoms with Gasteiger partial charge < -0.3 is 5.32 Å². The van der Waals surface area contributed by atoms with E-state index >= 15 is 0 Å². The number of benzene rings is 1. The summed E-state index contributed by atoms with van der Waals surface area (Å²) in [6, 6.07) is 9.70. The molecule has 3 fully saturated rings. The standard InChI is InChI=1S/C20H28N2/c1-4-17-14-22-10-9-19(17)11-20(22)13-21-12-16-5-7-18(8-6-16)15(2)3/h1,5-8,15,17,19-21H,9-14H2,2-3H3/t17-,19-,20+/m0/s1. The molecule has 0 saturated carbocycles. The molecule has 1 unspecified atom stereocenters. The second kappa shape index (κ2) is 6.86. The SMILES string of the molecule is C#C[C@H]1CN2CC[C@H]1C[C@@H]2CNCc1ccc(C(C)C)cc1. The van der Waals surface area contributed by atoms with Crippen molar-refractivity contribution in [2.45, 2.75) is 45.2 Å². The van der Waals surface area contributed by atoms with Crippen LogP contribution < -0.4 is 5.32 Å². The van der Waals surface area contributed by atoms with Crippen LogP contribution in [-0.4, -0.2) is 30.6 Å². The molecular weight excluding hydrogens is 268 g/mol. The third-order valence-corrected chi connectivity index (χ3v) is 5.45. The van der Waals surface area contributed by atoms with E-state index in [1.807, 2.05) is 0 Å². The number of rotatable bonds is 5. The van der Waals surface area contributed by atoms with Crippen LogP contribution in [0, 0.1) is 24.2 Å². The van der Waals surface area contributed by atoms with Gasteiger partial charge in [0, 0.05) is 31.6 Å². The van der Waals surface area contributed by atoms with Crippen LogP contribution in [0.2, 0.25) is 0 Å². The summed E-state index contributed by atoms with van der Waals surface area (Å²) >= 11 is 0. The molecule has 0 spiro atoms. The molecular formula is C20H28N2. The van der Waals surface area contributed by atoms with Gasteiger partial charge in [-0.15, -0.1) is 12.3 Å². The van der Waals surface area contributed by atoms with E-state index in [0.717, 1.165) is 25.6 Å². The maximum Gasteiger partial charge on any atom is 0.0356 e. The Kier molecular flexibility index (Phi) is 4.86. The Balaban J connectivity index is 1.47. The fraction of sp³-hybridized carbons (Fsp3) is 0.600. The number of terminal acetylenes is 1. The van der Waals surface area contributed by atoms with Gasteiger partial charge in [-0.1, -0.05) is 38.1 Å². The van der Waals surface area contributed by atoms with Gasteiger partial charge in [0.25, 0.3) is 0 Å². The Morgan fingerprint density at radius 3 is 2.68 bits per heavy atom. The highest BCUT2D eigenvalue weighted by atomic mass is 15.2. The van der Waals surface area contributed by atoms with Gasteiger partial charge in [-0.05, 0) is 42.3 Å². The first-order chi connectivity index (χ1) is 10.7. The highest BCUT2D eigenvalue weighted by molar-refractivity contribution is 5.24. The van der Waals surface area contributed by atoms with Gasteiger partial charge in [-0.2, -0.15) is 0 Å². The molecule has 0 aliphatic carbocycles. The Hall–Kier alpha value is -1.30. The Morgan fingerprint density at radius 2 is 2.09 bits per heavy atom. The molecule has 2 nitrogen and oxygen atoms in total. The van der Waals surface area contributed by atoms with Crippen molar-refractivity contribution in [2.24, 2.45) is 11.8 Å². The lowest BCUT2D eigenvalue weighted by molar-refractivity contribution is 0.0227. The molecule has 1 N–H and O–H groups in total. The highest BCUT2D eigenvalue weighted by Gasteiger charge is 2.38. The molecule has 4 rings (SSSR count). The van der Waals surface area contributed by atoms with Crippen LogP contribution in [0.25, 0.3) is 0 Å². The molecule has 3 heterocycles. The van der Waals surface area contributed by atoms with Crippen LogP contribution in [0.4, 0.5) is 0 Å². The van der Waals surface area contributed by atoms with E-state index in [1.165, 1.54) is 30.5 Å². The lowest BCUT2D eigenvalue weighted by Gasteiger charge is -2.48. The Morgan fingerprint density at radius 1 is 1.32 bits per heavy atom. The fourth-order valence-corrected chi connectivity index (χ4v) is 3.94. The van der Waals surface area contributed by atoms with Crippen molar-refractivity contribution in [3.05, 3.63) is 35.4 Å². The number of hydrogen-bond acceptors (Lipinski definition) is 2. The van der Waals surface area contributed by atoms with E-state index in [2.05, 4.69) is 54.3 Å². The summed E-state index contributed by atoms with van der Waals surface area (Å²) in [7, 11) is 0. The van der Waals surface area contributed by atoms with E-state index in [4.69, 9.17) is 6.42 Å². The van der Waals surface area contributed by atoms with Crippen molar-refractivity contribution in [2.75, 3.05) is 19.6 Å². The van der Waals surface area contributed by atoms with Crippen LogP contribution in [-0.2, 0) is 6.54 Å². The number of hydrogen-bond donors (Lipinski definition) is 1. The molecule has 1 aromatic rings. The summed E-state index contributed by atoms with van der Waals surface area (Å²) in [5.41, 5.74) is 2.79. The van der Waals surface area contributed by atoms with E-state index in [0.29, 0.717) is 17.9 Å². The topological polar surface area (TPSA) is 15.3 Å². The van der Waals surface area contributed by atoms with Crippen LogP contribution in [0.3, 0.4) is 0 Å². The van der Waals surface area contributed by atoms with Crippen LogP contribution in [0.15, 0.2) is 24.3 Å². The number of nitrogens with zero attached hydrogens (tertiary/aromatic N) is 1. The molecule has 4 atom stereocenters. The average Bonchev–Trinajstić information content (AvgIpc) is 2.56. The monoisotopic (exact) mass is 296 g/mol. The molecule has 1 aromatic carbocycles. The van der Waals surface area contributed by atoms with E-state index < -0.39 is 0 Å². The second-order valence-corrected chi connectivity index (χ2v) is 7.23. The number of nitrogens with one attached hydrogen (secondary N) is 1. The van der Waals surface area contributed by atoms with Crippen molar-refractivity contribution < 1.29 is 0 Å². The van der Waals surface area contributed by atoms with Gasteiger partial charge in [0.1, 0.15) is 0 Å². The second-order valence-electron chi connectivity index (χ2n) is 7.23. The smallest absolute Gasteiger partial charge is 0.0356 e. The maximum absolute atomic E-state index is 5.65. The van der Waals surface area contributed by atoms with Crippen LogP contribution in [0.1, 0.15) is 43.7 Å². The molecule has 0 radical (unpaired) electrons. The largest absolute Gasteiger partial charge is 0.311 e. The van der Waals surface area contributed by atoms with Crippen molar-refractivity contribution in [3.63, 3.8) is 0 Å². The van der Waals surface area contributed by atoms with Gasteiger partial charge in [0.2, 0.25) is 0 Å². The predicted molar refractivity (Wildman–Crippen MR) is 92.6 cm³/mol. The zero-order valence-corrected chi connectivity index (χ0v) is 13.9. The molecule has 22 heavy (non-hydrogen) atoms. The van der Waals surface area contributed by atoms with Gasteiger partial charge in [0.05, 0.1) is 0 Å². The van der Waals surface area contributed by atoms with E-state index in [9.17, 15) is 0 Å². The molecule has 0 amide bonds. The highest BCUT2D eigenvalue weighted by Crippen LogP contribution is 2.35. The van der Waals surface area contributed by atoms with Crippen molar-refractivity contribution >= 4 is 0 Å². The third-order valence-electron chi connectivity index (χ3n) is 5.45. The first kappa shape index (κ1) is 15.6. The van der Waals surface area contributed by atoms with Gasteiger partial charge in [-0.25, -0.2) is 0 Å². The number of piperidine rings is 3.